The van der Waals surface area contributed by atoms with Gasteiger partial charge in [-0.3, -0.25) is 9.59 Å². The summed E-state index contributed by atoms with van der Waals surface area (Å²) < 4.78 is 18.4. The highest BCUT2D eigenvalue weighted by Gasteiger charge is 2.12. The number of rotatable bonds is 4. The van der Waals surface area contributed by atoms with Gasteiger partial charge in [0.25, 0.3) is 11.8 Å². The Balaban J connectivity index is 2.23. The average Bonchev–Trinajstić information content (AvgIpc) is 2.49. The second-order valence-electron chi connectivity index (χ2n) is 4.24. The number of anilines is 1. The van der Waals surface area contributed by atoms with Crippen LogP contribution in [-0.2, 0) is 0 Å². The van der Waals surface area contributed by atoms with Crippen molar-refractivity contribution < 1.29 is 18.7 Å². The van der Waals surface area contributed by atoms with Gasteiger partial charge in [0.2, 0.25) is 0 Å². The molecule has 0 bridgehead atoms. The molecule has 0 aliphatic rings. The second-order valence-corrected chi connectivity index (χ2v) is 4.24. The Kier molecular flexibility index (Phi) is 4.18. The van der Waals surface area contributed by atoms with Crippen molar-refractivity contribution in [2.45, 2.75) is 0 Å². The number of primary amides is 1. The van der Waals surface area contributed by atoms with Crippen molar-refractivity contribution in [1.29, 1.82) is 0 Å². The fourth-order valence-corrected chi connectivity index (χ4v) is 1.76. The summed E-state index contributed by atoms with van der Waals surface area (Å²) >= 11 is 0. The third kappa shape index (κ3) is 3.36. The number of hydrogen-bond acceptors (Lipinski definition) is 3. The monoisotopic (exact) mass is 288 g/mol. The van der Waals surface area contributed by atoms with Crippen molar-refractivity contribution in [3.05, 3.63) is 59.4 Å². The van der Waals surface area contributed by atoms with Crippen LogP contribution in [-0.4, -0.2) is 18.9 Å². The van der Waals surface area contributed by atoms with Gasteiger partial charge in [0, 0.05) is 11.3 Å². The summed E-state index contributed by atoms with van der Waals surface area (Å²) in [6, 6.07) is 10.2. The van der Waals surface area contributed by atoms with Crippen molar-refractivity contribution in [3.63, 3.8) is 0 Å². The third-order valence-electron chi connectivity index (χ3n) is 2.82. The van der Waals surface area contributed by atoms with Crippen molar-refractivity contribution in [2.75, 3.05) is 12.4 Å². The number of amides is 2. The lowest BCUT2D eigenvalue weighted by atomic mass is 10.1. The van der Waals surface area contributed by atoms with E-state index in [0.29, 0.717) is 11.3 Å². The molecular weight excluding hydrogens is 275 g/mol. The Labute approximate surface area is 120 Å². The van der Waals surface area contributed by atoms with Crippen LogP contribution in [0.1, 0.15) is 20.7 Å². The first-order chi connectivity index (χ1) is 10.0. The van der Waals surface area contributed by atoms with Crippen molar-refractivity contribution in [1.82, 2.24) is 0 Å². The summed E-state index contributed by atoms with van der Waals surface area (Å²) in [7, 11) is 1.50. The van der Waals surface area contributed by atoms with Crippen LogP contribution in [0.25, 0.3) is 0 Å². The minimum absolute atomic E-state index is 0.276. The van der Waals surface area contributed by atoms with Gasteiger partial charge in [-0.2, -0.15) is 0 Å². The van der Waals surface area contributed by atoms with Gasteiger partial charge in [0.1, 0.15) is 11.6 Å². The normalized spacial score (nSPS) is 10.0. The topological polar surface area (TPSA) is 81.4 Å². The van der Waals surface area contributed by atoms with E-state index in [4.69, 9.17) is 10.5 Å². The van der Waals surface area contributed by atoms with E-state index in [0.717, 1.165) is 6.07 Å². The van der Waals surface area contributed by atoms with Gasteiger partial charge < -0.3 is 15.8 Å². The standard InChI is InChI=1S/C15H13FN2O3/c1-21-11-4-2-3-9(7-11)15(20)18-10-5-6-13(16)12(8-10)14(17)19/h2-8H,1H3,(H2,17,19)(H,18,20). The Morgan fingerprint density at radius 2 is 1.95 bits per heavy atom. The van der Waals surface area contributed by atoms with Crippen LogP contribution in [0, 0.1) is 5.82 Å². The van der Waals surface area contributed by atoms with E-state index < -0.39 is 17.6 Å². The van der Waals surface area contributed by atoms with E-state index in [-0.39, 0.29) is 11.3 Å². The number of benzene rings is 2. The lowest BCUT2D eigenvalue weighted by molar-refractivity contribution is 0.0992. The van der Waals surface area contributed by atoms with Crippen molar-refractivity contribution in [2.24, 2.45) is 5.73 Å². The Bertz CT molecular complexity index is 701. The molecule has 0 aromatic heterocycles. The molecule has 0 fully saturated rings. The smallest absolute Gasteiger partial charge is 0.255 e. The Hall–Kier alpha value is -2.89. The van der Waals surface area contributed by atoms with Gasteiger partial charge in [0.05, 0.1) is 12.7 Å². The molecule has 2 amide bonds. The van der Waals surface area contributed by atoms with Crippen LogP contribution >= 0.6 is 0 Å². The van der Waals surface area contributed by atoms with E-state index in [9.17, 15) is 14.0 Å². The maximum absolute atomic E-state index is 13.3. The van der Waals surface area contributed by atoms with Gasteiger partial charge in [0.15, 0.2) is 0 Å². The van der Waals surface area contributed by atoms with Crippen LogP contribution in [0.3, 0.4) is 0 Å². The molecule has 2 aromatic carbocycles. The maximum atomic E-state index is 13.3. The molecule has 0 unspecified atom stereocenters. The minimum Gasteiger partial charge on any atom is -0.497 e. The molecule has 5 nitrogen and oxygen atoms in total. The van der Waals surface area contributed by atoms with Crippen LogP contribution in [0.15, 0.2) is 42.5 Å². The van der Waals surface area contributed by atoms with E-state index >= 15 is 0 Å². The molecular formula is C15H13FN2O3. The van der Waals surface area contributed by atoms with Crippen LogP contribution in [0.4, 0.5) is 10.1 Å². The number of ether oxygens (including phenoxy) is 1. The molecule has 0 atom stereocenters. The van der Waals surface area contributed by atoms with Crippen LogP contribution in [0.2, 0.25) is 0 Å². The largest absolute Gasteiger partial charge is 0.497 e. The number of hydrogen-bond donors (Lipinski definition) is 2. The Morgan fingerprint density at radius 1 is 1.19 bits per heavy atom. The minimum atomic E-state index is -0.898. The van der Waals surface area contributed by atoms with E-state index in [1.54, 1.807) is 24.3 Å². The van der Waals surface area contributed by atoms with E-state index in [2.05, 4.69) is 5.32 Å². The van der Waals surface area contributed by atoms with Gasteiger partial charge in [-0.1, -0.05) is 6.07 Å². The van der Waals surface area contributed by atoms with E-state index in [1.165, 1.54) is 19.2 Å². The molecule has 2 rings (SSSR count). The molecule has 0 aliphatic heterocycles. The van der Waals surface area contributed by atoms with Gasteiger partial charge >= 0.3 is 0 Å². The first-order valence-corrected chi connectivity index (χ1v) is 6.06. The van der Waals surface area contributed by atoms with Gasteiger partial charge in [-0.25, -0.2) is 4.39 Å². The zero-order chi connectivity index (χ0) is 15.4. The first kappa shape index (κ1) is 14.5. The first-order valence-electron chi connectivity index (χ1n) is 6.06. The number of carbonyl (C=O) groups excluding carboxylic acids is 2. The SMILES string of the molecule is COc1cccc(C(=O)Nc2ccc(F)c(C(N)=O)c2)c1. The third-order valence-corrected chi connectivity index (χ3v) is 2.82. The molecule has 2 aromatic rings. The lowest BCUT2D eigenvalue weighted by Crippen LogP contribution is -2.16. The average molecular weight is 288 g/mol. The van der Waals surface area contributed by atoms with Crippen LogP contribution < -0.4 is 15.8 Å². The summed E-state index contributed by atoms with van der Waals surface area (Å²) in [5.41, 5.74) is 5.43. The van der Waals surface area contributed by atoms with Crippen molar-refractivity contribution in [3.8, 4) is 5.75 Å². The molecule has 0 radical (unpaired) electrons. The second kappa shape index (κ2) is 6.04. The quantitative estimate of drug-likeness (QED) is 0.904. The van der Waals surface area contributed by atoms with Crippen LogP contribution in [0.5, 0.6) is 5.75 Å². The molecule has 0 heterocycles. The predicted octanol–water partition coefficient (Wildman–Crippen LogP) is 2.19. The lowest BCUT2D eigenvalue weighted by Gasteiger charge is -2.08. The number of nitrogens with one attached hydrogen (secondary N) is 1. The molecule has 0 saturated carbocycles. The zero-order valence-corrected chi connectivity index (χ0v) is 11.2. The fourth-order valence-electron chi connectivity index (χ4n) is 1.76. The summed E-state index contributed by atoms with van der Waals surface area (Å²) in [5.74, 6) is -1.50. The van der Waals surface area contributed by atoms with Gasteiger partial charge in [-0.15, -0.1) is 0 Å². The predicted molar refractivity (Wildman–Crippen MR) is 75.9 cm³/mol. The molecule has 108 valence electrons. The van der Waals surface area contributed by atoms with Gasteiger partial charge in [-0.05, 0) is 36.4 Å². The molecule has 0 aliphatic carbocycles. The highest BCUT2D eigenvalue weighted by atomic mass is 19.1. The Morgan fingerprint density at radius 3 is 2.62 bits per heavy atom. The molecule has 6 heteroatoms. The summed E-state index contributed by atoms with van der Waals surface area (Å²) in [6.07, 6.45) is 0. The zero-order valence-electron chi connectivity index (χ0n) is 11.2. The fraction of sp³-hybridized carbons (Fsp3) is 0.0667. The number of halogens is 1. The highest BCUT2D eigenvalue weighted by Crippen LogP contribution is 2.17. The summed E-state index contributed by atoms with van der Waals surface area (Å²) in [6.45, 7) is 0. The number of nitrogens with two attached hydrogens (primary N) is 1. The van der Waals surface area contributed by atoms with Crippen molar-refractivity contribution >= 4 is 17.5 Å². The molecule has 3 N–H and O–H groups in total. The molecule has 0 spiro atoms. The number of methoxy groups -OCH3 is 1. The number of carbonyl (C=O) groups is 2. The summed E-state index contributed by atoms with van der Waals surface area (Å²) in [4.78, 5) is 23.1. The maximum Gasteiger partial charge on any atom is 0.255 e. The summed E-state index contributed by atoms with van der Waals surface area (Å²) in [5, 5.41) is 2.56. The molecule has 0 saturated heterocycles. The van der Waals surface area contributed by atoms with E-state index in [1.807, 2.05) is 0 Å². The highest BCUT2D eigenvalue weighted by molar-refractivity contribution is 6.05. The molecule has 21 heavy (non-hydrogen) atoms.